The van der Waals surface area contributed by atoms with Crippen LogP contribution in [0.5, 0.6) is 5.75 Å². The lowest BCUT2D eigenvalue weighted by Gasteiger charge is -2.24. The van der Waals surface area contributed by atoms with Gasteiger partial charge in [0.15, 0.2) is 0 Å². The molecule has 2 nitrogen and oxygen atoms in total. The number of aryl methyl sites for hydroxylation is 1. The Morgan fingerprint density at radius 1 is 1.25 bits per heavy atom. The van der Waals surface area contributed by atoms with Crippen molar-refractivity contribution in [2.75, 3.05) is 13.2 Å². The van der Waals surface area contributed by atoms with Crippen LogP contribution >= 0.6 is 0 Å². The Bertz CT molecular complexity index is 406. The number of benzene rings is 1. The lowest BCUT2D eigenvalue weighted by molar-refractivity contribution is 0.283. The second-order valence-electron chi connectivity index (χ2n) is 6.74. The quantitative estimate of drug-likeness (QED) is 0.795. The zero-order valence-corrected chi connectivity index (χ0v) is 14.0. The smallest absolute Gasteiger partial charge is 0.123 e. The average Bonchev–Trinajstić information content (AvgIpc) is 2.37. The second kappa shape index (κ2) is 7.68. The maximum atomic E-state index is 6.03. The fraction of sp³-hybridized carbons (Fsp3) is 0.667. The largest absolute Gasteiger partial charge is 0.493 e. The highest BCUT2D eigenvalue weighted by atomic mass is 16.5. The SMILES string of the molecule is CCCNC(C)CCOc1ccc(C)cc1C(C)(C)C. The van der Waals surface area contributed by atoms with Gasteiger partial charge in [0.25, 0.3) is 0 Å². The van der Waals surface area contributed by atoms with E-state index in [1.807, 2.05) is 0 Å². The maximum absolute atomic E-state index is 6.03. The minimum atomic E-state index is 0.118. The molecule has 0 aliphatic rings. The monoisotopic (exact) mass is 277 g/mol. The van der Waals surface area contributed by atoms with Gasteiger partial charge in [-0.05, 0) is 50.3 Å². The third-order valence-corrected chi connectivity index (χ3v) is 3.49. The fourth-order valence-corrected chi connectivity index (χ4v) is 2.19. The summed E-state index contributed by atoms with van der Waals surface area (Å²) in [4.78, 5) is 0. The van der Waals surface area contributed by atoms with Crippen LogP contribution in [-0.4, -0.2) is 19.2 Å². The van der Waals surface area contributed by atoms with Gasteiger partial charge in [-0.3, -0.25) is 0 Å². The molecule has 0 aromatic heterocycles. The molecule has 1 unspecified atom stereocenters. The van der Waals surface area contributed by atoms with E-state index in [4.69, 9.17) is 4.74 Å². The van der Waals surface area contributed by atoms with Gasteiger partial charge in [-0.1, -0.05) is 45.4 Å². The van der Waals surface area contributed by atoms with Gasteiger partial charge < -0.3 is 10.1 Å². The summed E-state index contributed by atoms with van der Waals surface area (Å²) in [5.74, 6) is 1.03. The van der Waals surface area contributed by atoms with Gasteiger partial charge in [0, 0.05) is 6.04 Å². The van der Waals surface area contributed by atoms with E-state index < -0.39 is 0 Å². The van der Waals surface area contributed by atoms with Crippen LogP contribution in [0.1, 0.15) is 58.6 Å². The van der Waals surface area contributed by atoms with Gasteiger partial charge in [0.1, 0.15) is 5.75 Å². The summed E-state index contributed by atoms with van der Waals surface area (Å²) in [5, 5.41) is 3.49. The Morgan fingerprint density at radius 2 is 1.95 bits per heavy atom. The van der Waals surface area contributed by atoms with Crippen molar-refractivity contribution in [1.29, 1.82) is 0 Å². The van der Waals surface area contributed by atoms with Gasteiger partial charge in [-0.25, -0.2) is 0 Å². The number of nitrogens with one attached hydrogen (secondary N) is 1. The summed E-state index contributed by atoms with van der Waals surface area (Å²) in [5.41, 5.74) is 2.71. The van der Waals surface area contributed by atoms with Crippen LogP contribution in [0.25, 0.3) is 0 Å². The zero-order valence-electron chi connectivity index (χ0n) is 14.0. The van der Waals surface area contributed by atoms with Crippen LogP contribution in [0.15, 0.2) is 18.2 Å². The van der Waals surface area contributed by atoms with Crippen LogP contribution < -0.4 is 10.1 Å². The normalized spacial score (nSPS) is 13.3. The first-order valence-electron chi connectivity index (χ1n) is 7.82. The molecule has 1 aromatic rings. The minimum absolute atomic E-state index is 0.118. The Kier molecular flexibility index (Phi) is 6.54. The van der Waals surface area contributed by atoms with Crippen LogP contribution in [0.4, 0.5) is 0 Å². The van der Waals surface area contributed by atoms with Crippen molar-refractivity contribution in [2.45, 2.75) is 65.8 Å². The van der Waals surface area contributed by atoms with E-state index in [0.29, 0.717) is 6.04 Å². The third kappa shape index (κ3) is 5.54. The highest BCUT2D eigenvalue weighted by Gasteiger charge is 2.19. The van der Waals surface area contributed by atoms with Crippen molar-refractivity contribution in [3.63, 3.8) is 0 Å². The molecule has 0 aliphatic carbocycles. The number of ether oxygens (including phenoxy) is 1. The third-order valence-electron chi connectivity index (χ3n) is 3.49. The number of rotatable bonds is 7. The molecule has 1 atom stereocenters. The molecule has 0 radical (unpaired) electrons. The van der Waals surface area contributed by atoms with Gasteiger partial charge in [0.05, 0.1) is 6.61 Å². The first kappa shape index (κ1) is 17.0. The van der Waals surface area contributed by atoms with Gasteiger partial charge in [-0.15, -0.1) is 0 Å². The molecule has 1 rings (SSSR count). The van der Waals surface area contributed by atoms with E-state index in [1.54, 1.807) is 0 Å². The van der Waals surface area contributed by atoms with Crippen molar-refractivity contribution < 1.29 is 4.74 Å². The summed E-state index contributed by atoms with van der Waals surface area (Å²) in [6.07, 6.45) is 2.22. The Morgan fingerprint density at radius 3 is 2.55 bits per heavy atom. The molecule has 20 heavy (non-hydrogen) atoms. The van der Waals surface area contributed by atoms with E-state index in [2.05, 4.69) is 65.1 Å². The molecule has 0 amide bonds. The summed E-state index contributed by atoms with van der Waals surface area (Å²) in [6.45, 7) is 15.1. The molecule has 0 fully saturated rings. The molecule has 0 bridgehead atoms. The van der Waals surface area contributed by atoms with E-state index in [0.717, 1.165) is 25.3 Å². The highest BCUT2D eigenvalue weighted by Crippen LogP contribution is 2.32. The lowest BCUT2D eigenvalue weighted by atomic mass is 9.85. The summed E-state index contributed by atoms with van der Waals surface area (Å²) < 4.78 is 6.03. The second-order valence-corrected chi connectivity index (χ2v) is 6.74. The van der Waals surface area contributed by atoms with E-state index in [9.17, 15) is 0 Å². The summed E-state index contributed by atoms with van der Waals surface area (Å²) in [7, 11) is 0. The highest BCUT2D eigenvalue weighted by molar-refractivity contribution is 5.41. The van der Waals surface area contributed by atoms with E-state index >= 15 is 0 Å². The first-order chi connectivity index (χ1) is 9.34. The van der Waals surface area contributed by atoms with Crippen LogP contribution in [0.2, 0.25) is 0 Å². The molecule has 1 N–H and O–H groups in total. The van der Waals surface area contributed by atoms with Crippen molar-refractivity contribution >= 4 is 0 Å². The van der Waals surface area contributed by atoms with Gasteiger partial charge in [0.2, 0.25) is 0 Å². The van der Waals surface area contributed by atoms with Crippen molar-refractivity contribution in [3.8, 4) is 5.75 Å². The molecule has 1 aromatic carbocycles. The lowest BCUT2D eigenvalue weighted by Crippen LogP contribution is -2.28. The number of hydrogen-bond donors (Lipinski definition) is 1. The Hall–Kier alpha value is -1.02. The van der Waals surface area contributed by atoms with E-state index in [-0.39, 0.29) is 5.41 Å². The summed E-state index contributed by atoms with van der Waals surface area (Å²) in [6, 6.07) is 7.00. The molecular weight excluding hydrogens is 246 g/mol. The van der Waals surface area contributed by atoms with Gasteiger partial charge in [-0.2, -0.15) is 0 Å². The molecule has 0 aliphatic heterocycles. The molecule has 0 heterocycles. The predicted molar refractivity (Wildman–Crippen MR) is 87.7 cm³/mol. The van der Waals surface area contributed by atoms with Crippen LogP contribution in [0, 0.1) is 6.92 Å². The van der Waals surface area contributed by atoms with E-state index in [1.165, 1.54) is 17.5 Å². The molecule has 0 saturated carbocycles. The van der Waals surface area contributed by atoms with Crippen LogP contribution in [-0.2, 0) is 5.41 Å². The molecule has 114 valence electrons. The topological polar surface area (TPSA) is 21.3 Å². The fourth-order valence-electron chi connectivity index (χ4n) is 2.19. The van der Waals surface area contributed by atoms with Gasteiger partial charge >= 0.3 is 0 Å². The average molecular weight is 277 g/mol. The van der Waals surface area contributed by atoms with Crippen molar-refractivity contribution in [3.05, 3.63) is 29.3 Å². The minimum Gasteiger partial charge on any atom is -0.493 e. The standard InChI is InChI=1S/C18H31NO/c1-7-11-19-15(3)10-12-20-17-9-8-14(2)13-16(17)18(4,5)6/h8-9,13,15,19H,7,10-12H2,1-6H3. The maximum Gasteiger partial charge on any atom is 0.123 e. The number of hydrogen-bond acceptors (Lipinski definition) is 2. The summed E-state index contributed by atoms with van der Waals surface area (Å²) >= 11 is 0. The first-order valence-corrected chi connectivity index (χ1v) is 7.82. The molecule has 0 saturated heterocycles. The zero-order chi connectivity index (χ0) is 15.2. The molecule has 0 spiro atoms. The molecule has 2 heteroatoms. The molecular formula is C18H31NO. The van der Waals surface area contributed by atoms with Crippen molar-refractivity contribution in [2.24, 2.45) is 0 Å². The Labute approximate surface area is 124 Å². The van der Waals surface area contributed by atoms with Crippen LogP contribution in [0.3, 0.4) is 0 Å². The van der Waals surface area contributed by atoms with Crippen molar-refractivity contribution in [1.82, 2.24) is 5.32 Å². The predicted octanol–water partition coefficient (Wildman–Crippen LogP) is 4.45. The Balaban J connectivity index is 2.60.